The highest BCUT2D eigenvalue weighted by molar-refractivity contribution is 7.99. The highest BCUT2D eigenvalue weighted by Gasteiger charge is 2.15. The summed E-state index contributed by atoms with van der Waals surface area (Å²) in [6.45, 7) is 2.05. The molecule has 0 radical (unpaired) electrons. The third-order valence-corrected chi connectivity index (χ3v) is 5.22. The molecule has 1 amide bonds. The molecule has 2 aromatic carbocycles. The fourth-order valence-electron chi connectivity index (χ4n) is 2.71. The van der Waals surface area contributed by atoms with Crippen molar-refractivity contribution < 1.29 is 19.0 Å². The number of methoxy groups -OCH3 is 3. The molecule has 0 spiro atoms. The van der Waals surface area contributed by atoms with Gasteiger partial charge in [0.2, 0.25) is 5.91 Å². The monoisotopic (exact) mass is 389 g/mol. The lowest BCUT2D eigenvalue weighted by Gasteiger charge is -2.19. The van der Waals surface area contributed by atoms with Gasteiger partial charge in [-0.2, -0.15) is 0 Å². The Balaban J connectivity index is 1.88. The molecule has 1 atom stereocenters. The van der Waals surface area contributed by atoms with E-state index in [2.05, 4.69) is 5.32 Å². The zero-order valence-electron chi connectivity index (χ0n) is 16.3. The third kappa shape index (κ3) is 6.10. The Morgan fingerprint density at radius 3 is 2.30 bits per heavy atom. The van der Waals surface area contributed by atoms with Gasteiger partial charge in [0.1, 0.15) is 5.75 Å². The van der Waals surface area contributed by atoms with Gasteiger partial charge in [-0.3, -0.25) is 4.79 Å². The van der Waals surface area contributed by atoms with Crippen LogP contribution in [-0.4, -0.2) is 33.0 Å². The van der Waals surface area contributed by atoms with Gasteiger partial charge >= 0.3 is 0 Å². The first-order valence-electron chi connectivity index (χ1n) is 8.83. The molecule has 0 aromatic heterocycles. The van der Waals surface area contributed by atoms with Crippen molar-refractivity contribution in [3.8, 4) is 17.2 Å². The van der Waals surface area contributed by atoms with Crippen molar-refractivity contribution in [2.24, 2.45) is 0 Å². The van der Waals surface area contributed by atoms with E-state index in [9.17, 15) is 4.79 Å². The summed E-state index contributed by atoms with van der Waals surface area (Å²) in [5, 5.41) is 3.10. The largest absolute Gasteiger partial charge is 0.497 e. The Morgan fingerprint density at radius 2 is 1.70 bits per heavy atom. The molecule has 2 aromatic rings. The molecule has 2 rings (SSSR count). The average molecular weight is 390 g/mol. The predicted molar refractivity (Wildman–Crippen MR) is 110 cm³/mol. The third-order valence-electron chi connectivity index (χ3n) is 4.21. The Labute approximate surface area is 165 Å². The van der Waals surface area contributed by atoms with Crippen LogP contribution in [0.25, 0.3) is 0 Å². The summed E-state index contributed by atoms with van der Waals surface area (Å²) < 4.78 is 15.8. The van der Waals surface area contributed by atoms with Crippen LogP contribution in [0.1, 0.15) is 30.5 Å². The van der Waals surface area contributed by atoms with E-state index in [-0.39, 0.29) is 11.9 Å². The maximum absolute atomic E-state index is 12.3. The molecule has 27 heavy (non-hydrogen) atoms. The van der Waals surface area contributed by atoms with E-state index in [1.807, 2.05) is 49.4 Å². The van der Waals surface area contributed by atoms with E-state index in [0.717, 1.165) is 23.5 Å². The van der Waals surface area contributed by atoms with Crippen molar-refractivity contribution >= 4 is 17.7 Å². The van der Waals surface area contributed by atoms with Gasteiger partial charge in [-0.05, 0) is 41.8 Å². The van der Waals surface area contributed by atoms with Gasteiger partial charge in [0.05, 0.1) is 33.1 Å². The number of hydrogen-bond donors (Lipinski definition) is 1. The minimum Gasteiger partial charge on any atom is -0.497 e. The highest BCUT2D eigenvalue weighted by atomic mass is 32.2. The number of thioether (sulfide) groups is 1. The van der Waals surface area contributed by atoms with Crippen LogP contribution >= 0.6 is 11.8 Å². The smallest absolute Gasteiger partial charge is 0.230 e. The molecular formula is C21H27NO4S. The molecule has 0 saturated heterocycles. The van der Waals surface area contributed by atoms with Gasteiger partial charge in [-0.1, -0.05) is 25.1 Å². The molecule has 1 N–H and O–H groups in total. The molecule has 0 aliphatic rings. The van der Waals surface area contributed by atoms with Crippen LogP contribution in [0, 0.1) is 0 Å². The second kappa shape index (κ2) is 10.7. The van der Waals surface area contributed by atoms with Crippen molar-refractivity contribution in [3.05, 3.63) is 53.6 Å². The molecule has 0 saturated carbocycles. The number of carbonyl (C=O) groups excluding carboxylic acids is 1. The molecule has 6 heteroatoms. The zero-order chi connectivity index (χ0) is 19.6. The Kier molecular flexibility index (Phi) is 8.33. The van der Waals surface area contributed by atoms with E-state index in [1.54, 1.807) is 33.1 Å². The number of hydrogen-bond acceptors (Lipinski definition) is 5. The predicted octanol–water partition coefficient (Wildman–Crippen LogP) is 4.21. The van der Waals surface area contributed by atoms with Crippen LogP contribution in [0.4, 0.5) is 0 Å². The Morgan fingerprint density at radius 1 is 1.00 bits per heavy atom. The van der Waals surface area contributed by atoms with Gasteiger partial charge in [0, 0.05) is 5.75 Å². The van der Waals surface area contributed by atoms with Crippen LogP contribution in [0.2, 0.25) is 0 Å². The molecule has 0 unspecified atom stereocenters. The molecule has 0 bridgehead atoms. The number of rotatable bonds is 10. The van der Waals surface area contributed by atoms with E-state index >= 15 is 0 Å². The van der Waals surface area contributed by atoms with E-state index in [1.165, 1.54) is 5.56 Å². The average Bonchev–Trinajstić information content (AvgIpc) is 2.72. The quantitative estimate of drug-likeness (QED) is 0.660. The van der Waals surface area contributed by atoms with Gasteiger partial charge in [0.25, 0.3) is 0 Å². The topological polar surface area (TPSA) is 56.8 Å². The molecule has 0 aliphatic heterocycles. The molecule has 0 aliphatic carbocycles. The van der Waals surface area contributed by atoms with Crippen molar-refractivity contribution in [2.75, 3.05) is 27.1 Å². The summed E-state index contributed by atoms with van der Waals surface area (Å²) in [4.78, 5) is 12.3. The zero-order valence-corrected chi connectivity index (χ0v) is 17.1. The molecule has 0 fully saturated rings. The number of amides is 1. The fourth-order valence-corrected chi connectivity index (χ4v) is 3.51. The first-order chi connectivity index (χ1) is 13.1. The molecule has 0 heterocycles. The van der Waals surface area contributed by atoms with E-state index in [0.29, 0.717) is 17.3 Å². The van der Waals surface area contributed by atoms with E-state index in [4.69, 9.17) is 14.2 Å². The standard InChI is InChI=1S/C21H27NO4S/c1-5-18(16-8-11-19(25-3)20(12-16)26-4)22-21(23)14-27-13-15-6-9-17(24-2)10-7-15/h6-12,18H,5,13-14H2,1-4H3,(H,22,23)/t18-/m1/s1. The van der Waals surface area contributed by atoms with Crippen LogP contribution in [0.3, 0.4) is 0 Å². The van der Waals surface area contributed by atoms with Crippen molar-refractivity contribution in [2.45, 2.75) is 25.1 Å². The van der Waals surface area contributed by atoms with Gasteiger partial charge in [-0.25, -0.2) is 0 Å². The van der Waals surface area contributed by atoms with Crippen LogP contribution < -0.4 is 19.5 Å². The molecule has 146 valence electrons. The lowest BCUT2D eigenvalue weighted by molar-refractivity contribution is -0.119. The summed E-state index contributed by atoms with van der Waals surface area (Å²) in [5.74, 6) is 3.40. The summed E-state index contributed by atoms with van der Waals surface area (Å²) in [5.41, 5.74) is 2.17. The minimum atomic E-state index is -0.0566. The van der Waals surface area contributed by atoms with Gasteiger partial charge in [0.15, 0.2) is 11.5 Å². The normalized spacial score (nSPS) is 11.6. The van der Waals surface area contributed by atoms with Crippen molar-refractivity contribution in [1.29, 1.82) is 0 Å². The van der Waals surface area contributed by atoms with E-state index < -0.39 is 0 Å². The summed E-state index contributed by atoms with van der Waals surface area (Å²) in [7, 11) is 4.87. The SMILES string of the molecule is CC[C@@H](NC(=O)CSCc1ccc(OC)cc1)c1ccc(OC)c(OC)c1. The van der Waals surface area contributed by atoms with Crippen LogP contribution in [0.5, 0.6) is 17.2 Å². The number of carbonyl (C=O) groups is 1. The van der Waals surface area contributed by atoms with Crippen LogP contribution in [0.15, 0.2) is 42.5 Å². The number of ether oxygens (including phenoxy) is 3. The molecule has 5 nitrogen and oxygen atoms in total. The first-order valence-corrected chi connectivity index (χ1v) is 9.98. The molecular weight excluding hydrogens is 362 g/mol. The van der Waals surface area contributed by atoms with Gasteiger partial charge in [-0.15, -0.1) is 11.8 Å². The lowest BCUT2D eigenvalue weighted by atomic mass is 10.0. The summed E-state index contributed by atoms with van der Waals surface area (Å²) >= 11 is 1.59. The summed E-state index contributed by atoms with van der Waals surface area (Å²) in [6.07, 6.45) is 0.796. The lowest BCUT2D eigenvalue weighted by Crippen LogP contribution is -2.29. The second-order valence-corrected chi connectivity index (χ2v) is 6.97. The van der Waals surface area contributed by atoms with Gasteiger partial charge < -0.3 is 19.5 Å². The minimum absolute atomic E-state index is 0.0233. The van der Waals surface area contributed by atoms with Crippen molar-refractivity contribution in [3.63, 3.8) is 0 Å². The Bertz CT molecular complexity index is 733. The highest BCUT2D eigenvalue weighted by Crippen LogP contribution is 2.31. The number of nitrogens with one attached hydrogen (secondary N) is 1. The summed E-state index contributed by atoms with van der Waals surface area (Å²) in [6, 6.07) is 13.6. The number of benzene rings is 2. The maximum Gasteiger partial charge on any atom is 0.230 e. The second-order valence-electron chi connectivity index (χ2n) is 5.98. The fraction of sp³-hybridized carbons (Fsp3) is 0.381. The maximum atomic E-state index is 12.3. The Hall–Kier alpha value is -2.34. The van der Waals surface area contributed by atoms with Crippen LogP contribution in [-0.2, 0) is 10.5 Å². The first kappa shape index (κ1) is 21.0. The van der Waals surface area contributed by atoms with Crippen molar-refractivity contribution in [1.82, 2.24) is 5.32 Å².